The summed E-state index contributed by atoms with van der Waals surface area (Å²) in [5, 5.41) is 1.17. The molecule has 116 valence electrons. The van der Waals surface area contributed by atoms with Gasteiger partial charge < -0.3 is 0 Å². The van der Waals surface area contributed by atoms with E-state index in [0.29, 0.717) is 0 Å². The average molecular weight is 357 g/mol. The standard InChI is InChI=1S/C21H25Br/c1-2-16-3-7-18(8-4-16)20-11-13-21(14-12-20)19-9-5-17(15-22)6-10-19/h3-4,7-8,11-14,17,19H,2,5-6,9-10,15H2,1H3. The van der Waals surface area contributed by atoms with Gasteiger partial charge in [0.1, 0.15) is 0 Å². The minimum absolute atomic E-state index is 0.770. The van der Waals surface area contributed by atoms with Gasteiger partial charge in [0.25, 0.3) is 0 Å². The quantitative estimate of drug-likeness (QED) is 0.542. The number of benzene rings is 2. The molecule has 2 aromatic rings. The first-order valence-electron chi connectivity index (χ1n) is 8.55. The molecule has 1 aliphatic rings. The van der Waals surface area contributed by atoms with Gasteiger partial charge in [0.15, 0.2) is 0 Å². The van der Waals surface area contributed by atoms with Gasteiger partial charge in [-0.15, -0.1) is 0 Å². The first-order valence-corrected chi connectivity index (χ1v) is 9.67. The van der Waals surface area contributed by atoms with Crippen molar-refractivity contribution < 1.29 is 0 Å². The third kappa shape index (κ3) is 3.63. The van der Waals surface area contributed by atoms with E-state index < -0.39 is 0 Å². The van der Waals surface area contributed by atoms with Crippen LogP contribution in [0.1, 0.15) is 49.7 Å². The fraction of sp³-hybridized carbons (Fsp3) is 0.429. The Morgan fingerprint density at radius 3 is 1.86 bits per heavy atom. The monoisotopic (exact) mass is 356 g/mol. The van der Waals surface area contributed by atoms with Gasteiger partial charge in [0.05, 0.1) is 0 Å². The van der Waals surface area contributed by atoms with Crippen LogP contribution in [0.3, 0.4) is 0 Å². The van der Waals surface area contributed by atoms with Crippen molar-refractivity contribution >= 4 is 15.9 Å². The molecule has 0 aromatic heterocycles. The zero-order valence-electron chi connectivity index (χ0n) is 13.4. The summed E-state index contributed by atoms with van der Waals surface area (Å²) in [6.45, 7) is 2.20. The molecule has 1 fully saturated rings. The molecule has 0 bridgehead atoms. The van der Waals surface area contributed by atoms with Crippen LogP contribution in [-0.2, 0) is 6.42 Å². The predicted molar refractivity (Wildman–Crippen MR) is 99.7 cm³/mol. The van der Waals surface area contributed by atoms with Gasteiger partial charge in [-0.1, -0.05) is 71.4 Å². The number of halogens is 1. The lowest BCUT2D eigenvalue weighted by molar-refractivity contribution is 0.354. The molecule has 1 aliphatic carbocycles. The van der Waals surface area contributed by atoms with Crippen LogP contribution in [0.4, 0.5) is 0 Å². The Kier molecular flexibility index (Phi) is 5.36. The Bertz CT molecular complexity index is 574. The third-order valence-corrected chi connectivity index (χ3v) is 6.06. The summed E-state index contributed by atoms with van der Waals surface area (Å²) in [5.41, 5.74) is 5.60. The molecule has 1 saturated carbocycles. The first-order chi connectivity index (χ1) is 10.8. The molecule has 0 nitrogen and oxygen atoms in total. The highest BCUT2D eigenvalue weighted by Gasteiger charge is 2.21. The second-order valence-corrected chi connectivity index (χ2v) is 7.19. The Hall–Kier alpha value is -1.08. The van der Waals surface area contributed by atoms with Crippen molar-refractivity contribution in [1.82, 2.24) is 0 Å². The van der Waals surface area contributed by atoms with Crippen molar-refractivity contribution in [3.05, 3.63) is 59.7 Å². The number of aryl methyl sites for hydroxylation is 1. The van der Waals surface area contributed by atoms with E-state index >= 15 is 0 Å². The second-order valence-electron chi connectivity index (χ2n) is 6.54. The van der Waals surface area contributed by atoms with Gasteiger partial charge in [-0.05, 0) is 66.2 Å². The topological polar surface area (TPSA) is 0 Å². The average Bonchev–Trinajstić information content (AvgIpc) is 2.62. The fourth-order valence-electron chi connectivity index (χ4n) is 3.53. The molecule has 0 saturated heterocycles. The molecule has 0 aliphatic heterocycles. The van der Waals surface area contributed by atoms with Crippen LogP contribution in [0.5, 0.6) is 0 Å². The van der Waals surface area contributed by atoms with Gasteiger partial charge in [-0.3, -0.25) is 0 Å². The first kappa shape index (κ1) is 15.8. The summed E-state index contributed by atoms with van der Waals surface area (Å²) >= 11 is 3.63. The van der Waals surface area contributed by atoms with Crippen LogP contribution in [-0.4, -0.2) is 5.33 Å². The third-order valence-electron chi connectivity index (χ3n) is 5.14. The highest BCUT2D eigenvalue weighted by atomic mass is 79.9. The van der Waals surface area contributed by atoms with E-state index in [1.165, 1.54) is 53.3 Å². The molecule has 0 N–H and O–H groups in total. The molecular formula is C21H25Br. The van der Waals surface area contributed by atoms with Gasteiger partial charge in [-0.2, -0.15) is 0 Å². The van der Waals surface area contributed by atoms with Crippen LogP contribution in [0.25, 0.3) is 11.1 Å². The van der Waals surface area contributed by atoms with Gasteiger partial charge >= 0.3 is 0 Å². The highest BCUT2D eigenvalue weighted by molar-refractivity contribution is 9.09. The number of alkyl halides is 1. The lowest BCUT2D eigenvalue weighted by Gasteiger charge is -2.27. The van der Waals surface area contributed by atoms with E-state index in [0.717, 1.165) is 18.3 Å². The summed E-state index contributed by atoms with van der Waals surface area (Å²) < 4.78 is 0. The summed E-state index contributed by atoms with van der Waals surface area (Å²) in [6.07, 6.45) is 6.55. The predicted octanol–water partition coefficient (Wildman–Crippen LogP) is 6.58. The molecule has 0 radical (unpaired) electrons. The Labute approximate surface area is 143 Å². The van der Waals surface area contributed by atoms with Crippen LogP contribution in [0.15, 0.2) is 48.5 Å². The Morgan fingerprint density at radius 2 is 1.36 bits per heavy atom. The number of rotatable bonds is 4. The molecule has 0 atom stereocenters. The van der Waals surface area contributed by atoms with Crippen molar-refractivity contribution in [2.45, 2.75) is 44.9 Å². The number of hydrogen-bond donors (Lipinski definition) is 0. The Morgan fingerprint density at radius 1 is 0.818 bits per heavy atom. The minimum Gasteiger partial charge on any atom is -0.0925 e. The normalized spacial score (nSPS) is 21.7. The smallest absolute Gasteiger partial charge is 0.00596 e. The van der Waals surface area contributed by atoms with Gasteiger partial charge in [0.2, 0.25) is 0 Å². The Balaban J connectivity index is 1.69. The van der Waals surface area contributed by atoms with E-state index in [1.807, 2.05) is 0 Å². The molecule has 22 heavy (non-hydrogen) atoms. The maximum absolute atomic E-state index is 3.63. The van der Waals surface area contributed by atoms with Crippen LogP contribution in [0.2, 0.25) is 0 Å². The van der Waals surface area contributed by atoms with Crippen molar-refractivity contribution in [2.24, 2.45) is 5.92 Å². The van der Waals surface area contributed by atoms with E-state index in [9.17, 15) is 0 Å². The second kappa shape index (κ2) is 7.46. The summed E-state index contributed by atoms with van der Waals surface area (Å²) in [4.78, 5) is 0. The zero-order chi connectivity index (χ0) is 15.4. The molecule has 0 heterocycles. The van der Waals surface area contributed by atoms with Crippen LogP contribution >= 0.6 is 15.9 Å². The van der Waals surface area contributed by atoms with Gasteiger partial charge in [0, 0.05) is 5.33 Å². The molecule has 2 aromatic carbocycles. The minimum atomic E-state index is 0.770. The summed E-state index contributed by atoms with van der Waals surface area (Å²) in [5.74, 6) is 1.67. The maximum Gasteiger partial charge on any atom is 0.00596 e. The summed E-state index contributed by atoms with van der Waals surface area (Å²) in [7, 11) is 0. The van der Waals surface area contributed by atoms with Crippen LogP contribution < -0.4 is 0 Å². The van der Waals surface area contributed by atoms with Gasteiger partial charge in [-0.25, -0.2) is 0 Å². The largest absolute Gasteiger partial charge is 0.0925 e. The van der Waals surface area contributed by atoms with Crippen molar-refractivity contribution in [3.8, 4) is 11.1 Å². The SMILES string of the molecule is CCc1ccc(-c2ccc(C3CCC(CBr)CC3)cc2)cc1. The van der Waals surface area contributed by atoms with E-state index in [2.05, 4.69) is 71.4 Å². The molecule has 0 unspecified atom stereocenters. The van der Waals surface area contributed by atoms with E-state index in [4.69, 9.17) is 0 Å². The lowest BCUT2D eigenvalue weighted by Crippen LogP contribution is -2.14. The molecule has 1 heteroatoms. The van der Waals surface area contributed by atoms with E-state index in [-0.39, 0.29) is 0 Å². The molecule has 0 spiro atoms. The molecule has 3 rings (SSSR count). The van der Waals surface area contributed by atoms with Crippen molar-refractivity contribution in [1.29, 1.82) is 0 Å². The number of hydrogen-bond acceptors (Lipinski definition) is 0. The zero-order valence-corrected chi connectivity index (χ0v) is 15.0. The molecule has 0 amide bonds. The lowest BCUT2D eigenvalue weighted by atomic mass is 9.79. The highest BCUT2D eigenvalue weighted by Crippen LogP contribution is 2.37. The van der Waals surface area contributed by atoms with Crippen molar-refractivity contribution in [3.63, 3.8) is 0 Å². The van der Waals surface area contributed by atoms with E-state index in [1.54, 1.807) is 0 Å². The van der Waals surface area contributed by atoms with Crippen molar-refractivity contribution in [2.75, 3.05) is 5.33 Å². The molecular weight excluding hydrogens is 332 g/mol. The summed E-state index contributed by atoms with van der Waals surface area (Å²) in [6, 6.07) is 18.3. The fourth-order valence-corrected chi connectivity index (χ4v) is 4.18. The maximum atomic E-state index is 3.63. The van der Waals surface area contributed by atoms with Crippen LogP contribution in [0, 0.1) is 5.92 Å².